The molecule has 2 saturated carbocycles. The molecule has 2 aromatic rings. The van der Waals surface area contributed by atoms with E-state index in [0.29, 0.717) is 23.8 Å². The molecule has 26 heavy (non-hydrogen) atoms. The van der Waals surface area contributed by atoms with Gasteiger partial charge in [0.2, 0.25) is 11.0 Å². The zero-order valence-electron chi connectivity index (χ0n) is 14.4. The Morgan fingerprint density at radius 2 is 1.88 bits per heavy atom. The van der Waals surface area contributed by atoms with Crippen LogP contribution in [0.1, 0.15) is 37.7 Å². The van der Waals surface area contributed by atoms with E-state index in [0.717, 1.165) is 29.4 Å². The first-order valence-electron chi connectivity index (χ1n) is 9.04. The lowest BCUT2D eigenvalue weighted by atomic mass is 9.67. The van der Waals surface area contributed by atoms with E-state index in [4.69, 9.17) is 0 Å². The van der Waals surface area contributed by atoms with Crippen LogP contribution in [0.5, 0.6) is 0 Å². The lowest BCUT2D eigenvalue weighted by Gasteiger charge is -2.36. The average molecular weight is 388 g/mol. The molecule has 5 nitrogen and oxygen atoms in total. The minimum Gasteiger partial charge on any atom is -0.300 e. The highest BCUT2D eigenvalue weighted by molar-refractivity contribution is 8.00. The predicted molar refractivity (Wildman–Crippen MR) is 103 cm³/mol. The third-order valence-electron chi connectivity index (χ3n) is 5.26. The van der Waals surface area contributed by atoms with Crippen LogP contribution in [-0.2, 0) is 15.3 Å². The second-order valence-corrected chi connectivity index (χ2v) is 9.23. The van der Waals surface area contributed by atoms with Crippen molar-refractivity contribution in [1.29, 1.82) is 0 Å². The van der Waals surface area contributed by atoms with E-state index in [1.165, 1.54) is 16.9 Å². The molecule has 1 N–H and O–H groups in total. The molecule has 1 heterocycles. The van der Waals surface area contributed by atoms with Gasteiger partial charge in [0.15, 0.2) is 4.34 Å². The molecule has 4 rings (SSSR count). The summed E-state index contributed by atoms with van der Waals surface area (Å²) in [6, 6.07) is 10.2. The molecule has 2 aliphatic carbocycles. The molecule has 2 fully saturated rings. The molecule has 2 atom stereocenters. The fourth-order valence-corrected chi connectivity index (χ4v) is 5.65. The van der Waals surface area contributed by atoms with Crippen LogP contribution in [0.15, 0.2) is 34.7 Å². The Bertz CT molecular complexity index is 777. The molecule has 1 amide bonds. The van der Waals surface area contributed by atoms with Crippen LogP contribution < -0.4 is 5.32 Å². The van der Waals surface area contributed by atoms with Crippen LogP contribution in [0, 0.1) is 17.8 Å². The van der Waals surface area contributed by atoms with Crippen molar-refractivity contribution >= 4 is 39.9 Å². The monoisotopic (exact) mass is 387 g/mol. The molecule has 0 radical (unpaired) electrons. The van der Waals surface area contributed by atoms with Crippen molar-refractivity contribution in [3.8, 4) is 0 Å². The number of hydrogen-bond donors (Lipinski definition) is 1. The van der Waals surface area contributed by atoms with Crippen LogP contribution in [0.2, 0.25) is 0 Å². The highest BCUT2D eigenvalue weighted by Gasteiger charge is 2.41. The number of fused-ring (bicyclic) bond motifs is 2. The summed E-state index contributed by atoms with van der Waals surface area (Å²) >= 11 is 3.03. The van der Waals surface area contributed by atoms with Gasteiger partial charge in [-0.25, -0.2) is 0 Å². The summed E-state index contributed by atoms with van der Waals surface area (Å²) in [5.74, 6) is 1.31. The third kappa shape index (κ3) is 3.99. The summed E-state index contributed by atoms with van der Waals surface area (Å²) in [7, 11) is 0. The zero-order chi connectivity index (χ0) is 17.9. The Morgan fingerprint density at radius 3 is 2.62 bits per heavy atom. The molecule has 136 valence electrons. The van der Waals surface area contributed by atoms with E-state index in [2.05, 4.69) is 27.6 Å². The minimum absolute atomic E-state index is 0.00911. The number of carbonyl (C=O) groups is 2. The molecule has 1 aromatic heterocycles. The van der Waals surface area contributed by atoms with Crippen molar-refractivity contribution in [2.75, 3.05) is 5.32 Å². The topological polar surface area (TPSA) is 72.0 Å². The summed E-state index contributed by atoms with van der Waals surface area (Å²) in [5, 5.41) is 11.7. The number of rotatable bonds is 5. The van der Waals surface area contributed by atoms with E-state index < -0.39 is 0 Å². The van der Waals surface area contributed by atoms with Gasteiger partial charge < -0.3 is 5.32 Å². The van der Waals surface area contributed by atoms with E-state index in [-0.39, 0.29) is 23.7 Å². The minimum atomic E-state index is -0.0766. The van der Waals surface area contributed by atoms with Crippen molar-refractivity contribution < 1.29 is 9.59 Å². The maximum absolute atomic E-state index is 12.6. The van der Waals surface area contributed by atoms with E-state index in [9.17, 15) is 9.59 Å². The number of hydrogen-bond acceptors (Lipinski definition) is 6. The van der Waals surface area contributed by atoms with Crippen LogP contribution >= 0.6 is 23.1 Å². The molecule has 7 heteroatoms. The van der Waals surface area contributed by atoms with Crippen LogP contribution in [0.25, 0.3) is 0 Å². The number of benzene rings is 1. The summed E-state index contributed by atoms with van der Waals surface area (Å²) in [4.78, 5) is 24.8. The molecular formula is C19H21N3O2S2. The Hall–Kier alpha value is -1.73. The van der Waals surface area contributed by atoms with Crippen molar-refractivity contribution in [1.82, 2.24) is 10.2 Å². The lowest BCUT2D eigenvalue weighted by Crippen LogP contribution is -2.40. The Kier molecular flexibility index (Phi) is 5.36. The quantitative estimate of drug-likeness (QED) is 0.616. The summed E-state index contributed by atoms with van der Waals surface area (Å²) in [5.41, 5.74) is 1.23. The van der Waals surface area contributed by atoms with Gasteiger partial charge in [0.25, 0.3) is 0 Å². The number of thioether (sulfide) groups is 1. The summed E-state index contributed by atoms with van der Waals surface area (Å²) in [6.45, 7) is 0. The molecule has 1 aromatic carbocycles. The number of carbonyl (C=O) groups excluding carboxylic acids is 2. The largest absolute Gasteiger partial charge is 0.300 e. The van der Waals surface area contributed by atoms with Crippen molar-refractivity contribution in [2.45, 2.75) is 42.2 Å². The Balaban J connectivity index is 1.32. The van der Waals surface area contributed by atoms with Gasteiger partial charge in [-0.3, -0.25) is 9.59 Å². The maximum Gasteiger partial charge on any atom is 0.229 e. The molecule has 0 spiro atoms. The van der Waals surface area contributed by atoms with Gasteiger partial charge in [-0.2, -0.15) is 0 Å². The second kappa shape index (κ2) is 7.88. The molecule has 2 bridgehead atoms. The summed E-state index contributed by atoms with van der Waals surface area (Å²) < 4.78 is 0.847. The first kappa shape index (κ1) is 17.7. The maximum atomic E-state index is 12.6. The fraction of sp³-hybridized carbons (Fsp3) is 0.474. The first-order chi connectivity index (χ1) is 12.7. The predicted octanol–water partition coefficient (Wildman–Crippen LogP) is 4.16. The number of anilines is 1. The number of amides is 1. The number of nitrogens with zero attached hydrogens (tertiary/aromatic N) is 2. The summed E-state index contributed by atoms with van der Waals surface area (Å²) in [6.07, 6.45) is 4.38. The van der Waals surface area contributed by atoms with Gasteiger partial charge in [0.05, 0.1) is 0 Å². The van der Waals surface area contributed by atoms with Crippen molar-refractivity contribution in [2.24, 2.45) is 17.8 Å². The average Bonchev–Trinajstić information content (AvgIpc) is 3.08. The van der Waals surface area contributed by atoms with E-state index in [1.807, 2.05) is 18.2 Å². The lowest BCUT2D eigenvalue weighted by molar-refractivity contribution is -0.136. The van der Waals surface area contributed by atoms with Gasteiger partial charge in [-0.1, -0.05) is 59.9 Å². The molecule has 0 saturated heterocycles. The van der Waals surface area contributed by atoms with Crippen LogP contribution in [0.3, 0.4) is 0 Å². The van der Waals surface area contributed by atoms with Gasteiger partial charge in [-0.15, -0.1) is 10.2 Å². The zero-order valence-corrected chi connectivity index (χ0v) is 16.0. The Morgan fingerprint density at radius 1 is 1.15 bits per heavy atom. The van der Waals surface area contributed by atoms with Gasteiger partial charge in [0, 0.05) is 23.5 Å². The van der Waals surface area contributed by atoms with Gasteiger partial charge in [-0.05, 0) is 31.2 Å². The highest BCUT2D eigenvalue weighted by Crippen LogP contribution is 2.40. The number of Topliss-reactive ketones (excluding diaryl/α,β-unsaturated/α-hetero) is 1. The van der Waals surface area contributed by atoms with Crippen LogP contribution in [-0.4, -0.2) is 21.9 Å². The SMILES string of the molecule is O=C(Nc1nnc(SCc2ccccc2)s1)C1CC2CCCC(C1)C2=O. The standard InChI is InChI=1S/C19H21N3O2S2/c23-16-13-7-4-8-14(16)10-15(9-13)17(24)20-18-21-22-19(26-18)25-11-12-5-2-1-3-6-12/h1-3,5-6,13-15H,4,7-11H2,(H,20,21,24). The van der Waals surface area contributed by atoms with E-state index in [1.54, 1.807) is 11.8 Å². The molecule has 0 aliphatic heterocycles. The van der Waals surface area contributed by atoms with E-state index >= 15 is 0 Å². The van der Waals surface area contributed by atoms with Gasteiger partial charge in [0.1, 0.15) is 5.78 Å². The van der Waals surface area contributed by atoms with Gasteiger partial charge >= 0.3 is 0 Å². The Labute approximate surface area is 161 Å². The second-order valence-electron chi connectivity index (χ2n) is 7.03. The van der Waals surface area contributed by atoms with Crippen molar-refractivity contribution in [3.63, 3.8) is 0 Å². The number of nitrogens with one attached hydrogen (secondary N) is 1. The first-order valence-corrected chi connectivity index (χ1v) is 10.8. The third-order valence-corrected chi connectivity index (χ3v) is 7.30. The highest BCUT2D eigenvalue weighted by atomic mass is 32.2. The van der Waals surface area contributed by atoms with Crippen LogP contribution in [0.4, 0.5) is 5.13 Å². The molecule has 2 unspecified atom stereocenters. The smallest absolute Gasteiger partial charge is 0.229 e. The molecule has 2 aliphatic rings. The normalized spacial score (nSPS) is 25.1. The number of aromatic nitrogens is 2. The fourth-order valence-electron chi connectivity index (χ4n) is 3.94. The molecular weight excluding hydrogens is 366 g/mol. The number of ketones is 1. The van der Waals surface area contributed by atoms with Crippen molar-refractivity contribution in [3.05, 3.63) is 35.9 Å².